The summed E-state index contributed by atoms with van der Waals surface area (Å²) in [5.41, 5.74) is 10.6. The van der Waals surface area contributed by atoms with Crippen LogP contribution in [0.1, 0.15) is 10.4 Å². The van der Waals surface area contributed by atoms with Gasteiger partial charge in [-0.3, -0.25) is 4.79 Å². The first-order valence-corrected chi connectivity index (χ1v) is 8.31. The number of carbonyl (C=O) groups is 1. The van der Waals surface area contributed by atoms with Crippen LogP contribution < -0.4 is 11.2 Å². The Morgan fingerprint density at radius 1 is 1.20 bits per heavy atom. The summed E-state index contributed by atoms with van der Waals surface area (Å²) in [4.78, 5) is 17.2. The third-order valence-corrected chi connectivity index (χ3v) is 4.24. The normalized spacial score (nSPS) is 10.9. The number of nitrogens with zero attached hydrogens (tertiary/aromatic N) is 2. The van der Waals surface area contributed by atoms with Crippen LogP contribution in [0.25, 0.3) is 11.3 Å². The van der Waals surface area contributed by atoms with Crippen LogP contribution >= 0.6 is 11.3 Å². The van der Waals surface area contributed by atoms with Crippen molar-refractivity contribution >= 4 is 28.6 Å². The van der Waals surface area contributed by atoms with Gasteiger partial charge >= 0.3 is 0 Å². The fourth-order valence-corrected chi connectivity index (χ4v) is 3.08. The molecule has 25 heavy (non-hydrogen) atoms. The molecule has 0 atom stereocenters. The monoisotopic (exact) mass is 354 g/mol. The second-order valence-electron chi connectivity index (χ2n) is 5.21. The van der Waals surface area contributed by atoms with Gasteiger partial charge in [0.1, 0.15) is 5.82 Å². The minimum absolute atomic E-state index is 0.125. The molecular weight excluding hydrogens is 339 g/mol. The zero-order valence-electron chi connectivity index (χ0n) is 13.1. The average Bonchev–Trinajstić information content (AvgIpc) is 2.97. The van der Waals surface area contributed by atoms with Crippen molar-refractivity contribution in [2.75, 3.05) is 5.73 Å². The number of anilines is 1. The Kier molecular flexibility index (Phi) is 5.15. The summed E-state index contributed by atoms with van der Waals surface area (Å²) in [5.74, 6) is -0.600. The molecule has 0 saturated heterocycles. The molecule has 3 N–H and O–H groups in total. The van der Waals surface area contributed by atoms with Crippen LogP contribution in [0.3, 0.4) is 0 Å². The second-order valence-corrected chi connectivity index (χ2v) is 6.33. The first-order valence-electron chi connectivity index (χ1n) is 7.50. The highest BCUT2D eigenvalue weighted by atomic mass is 32.1. The van der Waals surface area contributed by atoms with Crippen molar-refractivity contribution < 1.29 is 9.18 Å². The molecule has 7 heteroatoms. The quantitative estimate of drug-likeness (QED) is 0.545. The molecule has 0 aliphatic rings. The number of hydrazone groups is 1. The molecule has 0 radical (unpaired) electrons. The number of nitrogens with two attached hydrogens (primary N) is 1. The predicted octanol–water partition coefficient (Wildman–Crippen LogP) is 3.22. The lowest BCUT2D eigenvalue weighted by Crippen LogP contribution is -2.19. The maximum absolute atomic E-state index is 12.8. The molecular formula is C18H15FN4OS. The fourth-order valence-electron chi connectivity index (χ4n) is 2.22. The van der Waals surface area contributed by atoms with Crippen LogP contribution in [0.2, 0.25) is 0 Å². The van der Waals surface area contributed by atoms with Crippen LogP contribution in [-0.2, 0) is 11.2 Å². The standard InChI is InChI=1S/C18H15FN4OS/c19-14-8-6-12(7-9-14)11-21-23-16(24)10-15-17(22-18(20)25-15)13-4-2-1-3-5-13/h1-9,11H,10H2,(H2,20,22)(H,23,24)/b21-11+. The number of carbonyl (C=O) groups excluding carboxylic acids is 1. The first kappa shape index (κ1) is 16.8. The lowest BCUT2D eigenvalue weighted by atomic mass is 10.1. The highest BCUT2D eigenvalue weighted by Gasteiger charge is 2.14. The number of amides is 1. The van der Waals surface area contributed by atoms with E-state index in [0.29, 0.717) is 16.4 Å². The van der Waals surface area contributed by atoms with E-state index in [9.17, 15) is 9.18 Å². The topological polar surface area (TPSA) is 80.4 Å². The van der Waals surface area contributed by atoms with E-state index in [2.05, 4.69) is 15.5 Å². The predicted molar refractivity (Wildman–Crippen MR) is 97.8 cm³/mol. The van der Waals surface area contributed by atoms with Gasteiger partial charge in [0.2, 0.25) is 5.91 Å². The largest absolute Gasteiger partial charge is 0.375 e. The first-order chi connectivity index (χ1) is 12.1. The smallest absolute Gasteiger partial charge is 0.245 e. The summed E-state index contributed by atoms with van der Waals surface area (Å²) < 4.78 is 12.8. The Hall–Kier alpha value is -3.06. The Balaban J connectivity index is 1.66. The van der Waals surface area contributed by atoms with E-state index in [1.165, 1.54) is 29.7 Å². The molecule has 1 aromatic heterocycles. The van der Waals surface area contributed by atoms with E-state index < -0.39 is 0 Å². The number of halogens is 1. The van der Waals surface area contributed by atoms with Crippen molar-refractivity contribution in [1.29, 1.82) is 0 Å². The number of rotatable bonds is 5. The van der Waals surface area contributed by atoms with Crippen LogP contribution in [0.4, 0.5) is 9.52 Å². The Morgan fingerprint density at radius 2 is 1.92 bits per heavy atom. The van der Waals surface area contributed by atoms with Crippen molar-refractivity contribution in [1.82, 2.24) is 10.4 Å². The van der Waals surface area contributed by atoms with Crippen molar-refractivity contribution in [2.24, 2.45) is 5.10 Å². The summed E-state index contributed by atoms with van der Waals surface area (Å²) >= 11 is 1.28. The zero-order chi connectivity index (χ0) is 17.6. The third kappa shape index (κ3) is 4.48. The van der Waals surface area contributed by atoms with Crippen molar-refractivity contribution in [3.05, 3.63) is 70.9 Å². The number of aromatic nitrogens is 1. The summed E-state index contributed by atoms with van der Waals surface area (Å²) in [6.45, 7) is 0. The lowest BCUT2D eigenvalue weighted by Gasteiger charge is -2.02. The minimum Gasteiger partial charge on any atom is -0.375 e. The molecule has 2 aromatic carbocycles. The molecule has 0 spiro atoms. The van der Waals surface area contributed by atoms with Gasteiger partial charge in [-0.2, -0.15) is 5.10 Å². The Morgan fingerprint density at radius 3 is 2.64 bits per heavy atom. The van der Waals surface area contributed by atoms with E-state index >= 15 is 0 Å². The molecule has 0 aliphatic carbocycles. The SMILES string of the molecule is Nc1nc(-c2ccccc2)c(CC(=O)N/N=C/c2ccc(F)cc2)s1. The molecule has 3 rings (SSSR count). The number of nitrogens with one attached hydrogen (secondary N) is 1. The number of thiazole rings is 1. The van der Waals surface area contributed by atoms with Crippen LogP contribution in [0.15, 0.2) is 59.7 Å². The van der Waals surface area contributed by atoms with Crippen molar-refractivity contribution in [3.8, 4) is 11.3 Å². The van der Waals surface area contributed by atoms with Gasteiger partial charge in [-0.05, 0) is 17.7 Å². The Bertz CT molecular complexity index is 891. The highest BCUT2D eigenvalue weighted by molar-refractivity contribution is 7.15. The van der Waals surface area contributed by atoms with Crippen molar-refractivity contribution in [3.63, 3.8) is 0 Å². The highest BCUT2D eigenvalue weighted by Crippen LogP contribution is 2.29. The minimum atomic E-state index is -0.322. The molecule has 0 fully saturated rings. The van der Waals surface area contributed by atoms with Crippen molar-refractivity contribution in [2.45, 2.75) is 6.42 Å². The van der Waals surface area contributed by atoms with Gasteiger partial charge in [0.15, 0.2) is 5.13 Å². The van der Waals surface area contributed by atoms with Gasteiger partial charge in [0, 0.05) is 10.4 Å². The molecule has 0 saturated carbocycles. The molecule has 0 bridgehead atoms. The second kappa shape index (κ2) is 7.67. The van der Waals surface area contributed by atoms with Crippen LogP contribution in [-0.4, -0.2) is 17.1 Å². The van der Waals surface area contributed by atoms with Gasteiger partial charge in [0.05, 0.1) is 18.3 Å². The lowest BCUT2D eigenvalue weighted by molar-refractivity contribution is -0.120. The zero-order valence-corrected chi connectivity index (χ0v) is 14.0. The summed E-state index contributed by atoms with van der Waals surface area (Å²) in [5, 5.41) is 4.30. The number of hydrogen-bond donors (Lipinski definition) is 2. The Labute approximate surface area is 148 Å². The van der Waals surface area contributed by atoms with Crippen LogP contribution in [0.5, 0.6) is 0 Å². The van der Waals surface area contributed by atoms with E-state index in [-0.39, 0.29) is 18.1 Å². The van der Waals surface area contributed by atoms with Gasteiger partial charge in [0.25, 0.3) is 0 Å². The summed E-state index contributed by atoms with van der Waals surface area (Å²) in [6, 6.07) is 15.4. The molecule has 1 amide bonds. The van der Waals surface area contributed by atoms with Gasteiger partial charge in [-0.1, -0.05) is 42.5 Å². The number of benzene rings is 2. The van der Waals surface area contributed by atoms with Gasteiger partial charge in [-0.25, -0.2) is 14.8 Å². The molecule has 0 unspecified atom stereocenters. The fraction of sp³-hybridized carbons (Fsp3) is 0.0556. The molecule has 0 aliphatic heterocycles. The molecule has 3 aromatic rings. The molecule has 126 valence electrons. The van der Waals surface area contributed by atoms with E-state index in [1.807, 2.05) is 30.3 Å². The van der Waals surface area contributed by atoms with Gasteiger partial charge < -0.3 is 5.73 Å². The maximum Gasteiger partial charge on any atom is 0.245 e. The average molecular weight is 354 g/mol. The van der Waals surface area contributed by atoms with Crippen LogP contribution in [0, 0.1) is 5.82 Å². The maximum atomic E-state index is 12.8. The molecule has 1 heterocycles. The third-order valence-electron chi connectivity index (χ3n) is 3.36. The number of hydrogen-bond acceptors (Lipinski definition) is 5. The number of nitrogen functional groups attached to an aromatic ring is 1. The molecule has 5 nitrogen and oxygen atoms in total. The van der Waals surface area contributed by atoms with E-state index in [1.54, 1.807) is 12.1 Å². The van der Waals surface area contributed by atoms with E-state index in [0.717, 1.165) is 10.4 Å². The van der Waals surface area contributed by atoms with Gasteiger partial charge in [-0.15, -0.1) is 11.3 Å². The van der Waals surface area contributed by atoms with E-state index in [4.69, 9.17) is 5.73 Å². The summed E-state index contributed by atoms with van der Waals surface area (Å²) in [6.07, 6.45) is 1.58. The summed E-state index contributed by atoms with van der Waals surface area (Å²) in [7, 11) is 0.